The molecule has 3 saturated heterocycles. The van der Waals surface area contributed by atoms with Gasteiger partial charge in [0, 0.05) is 39.8 Å². The largest absolute Gasteiger partial charge is 0.443 e. The summed E-state index contributed by atoms with van der Waals surface area (Å²) < 4.78 is 24.2. The predicted octanol–water partition coefficient (Wildman–Crippen LogP) is 1.81. The zero-order valence-corrected chi connectivity index (χ0v) is 19.3. The third-order valence-corrected chi connectivity index (χ3v) is 7.54. The molecule has 3 aliphatic heterocycles. The molecule has 176 valence electrons. The number of aliphatic hydroxyl groups excluding tert-OH is 1. The predicted molar refractivity (Wildman–Crippen MR) is 115 cm³/mol. The van der Waals surface area contributed by atoms with Crippen LogP contribution in [0.3, 0.4) is 0 Å². The van der Waals surface area contributed by atoms with Crippen molar-refractivity contribution >= 4 is 6.09 Å². The van der Waals surface area contributed by atoms with Crippen molar-refractivity contribution < 1.29 is 28.8 Å². The molecule has 1 spiro atoms. The van der Waals surface area contributed by atoms with Crippen LogP contribution >= 0.6 is 0 Å². The minimum atomic E-state index is -0.329. The molecule has 8 nitrogen and oxygen atoms in total. The fourth-order valence-corrected chi connectivity index (χ4v) is 5.57. The summed E-state index contributed by atoms with van der Waals surface area (Å²) in [5.74, 6) is 0.0357. The number of nitrogens with zero attached hydrogens (tertiary/aromatic N) is 2. The lowest BCUT2D eigenvalue weighted by Crippen LogP contribution is -2.57. The normalized spacial score (nSPS) is 40.0. The van der Waals surface area contributed by atoms with Crippen LogP contribution < -0.4 is 0 Å². The summed E-state index contributed by atoms with van der Waals surface area (Å²) in [6.45, 7) is 10.6. The second-order valence-corrected chi connectivity index (χ2v) is 9.85. The molecule has 0 radical (unpaired) electrons. The number of carbonyl (C=O) groups is 1. The summed E-state index contributed by atoms with van der Waals surface area (Å²) >= 11 is 0. The van der Waals surface area contributed by atoms with Gasteiger partial charge in [-0.1, -0.05) is 11.6 Å². The fourth-order valence-electron chi connectivity index (χ4n) is 5.57. The van der Waals surface area contributed by atoms with E-state index in [4.69, 9.17) is 24.1 Å². The van der Waals surface area contributed by atoms with Crippen molar-refractivity contribution in [3.8, 4) is 0 Å². The Morgan fingerprint density at radius 2 is 1.97 bits per heavy atom. The van der Waals surface area contributed by atoms with Gasteiger partial charge in [0.15, 0.2) is 0 Å². The highest BCUT2D eigenvalue weighted by molar-refractivity contribution is 5.68. The van der Waals surface area contributed by atoms with Crippen molar-refractivity contribution in [2.75, 3.05) is 53.0 Å². The molecule has 6 atom stereocenters. The Bertz CT molecular complexity index is 684. The second-order valence-electron chi connectivity index (χ2n) is 9.85. The number of epoxide rings is 2. The van der Waals surface area contributed by atoms with Crippen molar-refractivity contribution in [1.29, 1.82) is 0 Å². The molecule has 0 bridgehead atoms. The Morgan fingerprint density at radius 1 is 1.26 bits per heavy atom. The maximum absolute atomic E-state index is 12.9. The zero-order valence-electron chi connectivity index (χ0n) is 19.3. The number of hydrogen-bond donors (Lipinski definition) is 1. The number of aliphatic hydroxyl groups is 1. The lowest BCUT2D eigenvalue weighted by molar-refractivity contribution is -0.122. The number of methoxy groups -OCH3 is 1. The van der Waals surface area contributed by atoms with Gasteiger partial charge < -0.3 is 29.0 Å². The van der Waals surface area contributed by atoms with E-state index in [0.717, 1.165) is 39.0 Å². The number of piperazine rings is 1. The molecular formula is C23H38N2O6. The number of β-amino-alcohol motifs (C(OH)–C–C–N with tert-alkyl or cyclic N) is 1. The average Bonchev–Trinajstić information content (AvgIpc) is 3.66. The van der Waals surface area contributed by atoms with Gasteiger partial charge in [0.25, 0.3) is 0 Å². The maximum Gasteiger partial charge on any atom is 0.410 e. The van der Waals surface area contributed by atoms with Crippen molar-refractivity contribution in [1.82, 2.24) is 9.80 Å². The number of rotatable bonds is 7. The molecule has 4 aliphatic rings. The second kappa shape index (κ2) is 8.98. The summed E-state index contributed by atoms with van der Waals surface area (Å²) in [6.07, 6.45) is 3.99. The highest BCUT2D eigenvalue weighted by Gasteiger charge is 2.72. The average molecular weight is 439 g/mol. The van der Waals surface area contributed by atoms with Crippen LogP contribution in [0.25, 0.3) is 0 Å². The third kappa shape index (κ3) is 4.64. The number of allylic oxidation sites excluding steroid dienone is 1. The minimum absolute atomic E-state index is 0.0357. The van der Waals surface area contributed by atoms with Gasteiger partial charge >= 0.3 is 6.09 Å². The van der Waals surface area contributed by atoms with E-state index < -0.39 is 0 Å². The van der Waals surface area contributed by atoms with Crippen LogP contribution in [-0.4, -0.2) is 104 Å². The molecule has 4 fully saturated rings. The first-order valence-electron chi connectivity index (χ1n) is 11.6. The van der Waals surface area contributed by atoms with Crippen molar-refractivity contribution in [2.24, 2.45) is 5.92 Å². The molecule has 4 rings (SSSR count). The summed E-state index contributed by atoms with van der Waals surface area (Å²) in [5.41, 5.74) is 0.742. The van der Waals surface area contributed by atoms with E-state index in [1.807, 2.05) is 0 Å². The lowest BCUT2D eigenvalue weighted by atomic mass is 9.68. The molecule has 1 saturated carbocycles. The van der Waals surface area contributed by atoms with E-state index in [1.165, 1.54) is 5.57 Å². The Kier molecular flexibility index (Phi) is 6.66. The van der Waals surface area contributed by atoms with Gasteiger partial charge in [-0.2, -0.15) is 0 Å². The summed E-state index contributed by atoms with van der Waals surface area (Å²) in [4.78, 5) is 16.8. The standard InChI is InChI=1S/C23H38N2O6/c1-16(2)5-6-18-22(3,31-18)20-19(28-4)17(7-8-23(20)15-29-23)30-21(27)25-11-9-24(10-12-25)13-14-26/h5,17-20,26H,6-15H2,1-4H3/t17-,18+,19-,20-,22-,23+/m1/s1. The van der Waals surface area contributed by atoms with E-state index in [0.29, 0.717) is 19.6 Å². The van der Waals surface area contributed by atoms with Gasteiger partial charge in [-0.15, -0.1) is 0 Å². The molecule has 0 aromatic heterocycles. The fraction of sp³-hybridized carbons (Fsp3) is 0.870. The summed E-state index contributed by atoms with van der Waals surface area (Å²) in [6, 6.07) is 0. The van der Waals surface area contributed by atoms with Crippen molar-refractivity contribution in [3.05, 3.63) is 11.6 Å². The molecule has 1 aliphatic carbocycles. The monoisotopic (exact) mass is 438 g/mol. The first kappa shape index (κ1) is 23.0. The molecule has 3 heterocycles. The van der Waals surface area contributed by atoms with Crippen LogP contribution in [-0.2, 0) is 18.9 Å². The molecular weight excluding hydrogens is 400 g/mol. The smallest absolute Gasteiger partial charge is 0.410 e. The molecule has 8 heteroatoms. The van der Waals surface area contributed by atoms with Crippen LogP contribution in [0, 0.1) is 5.92 Å². The first-order chi connectivity index (χ1) is 14.8. The molecule has 0 aromatic carbocycles. The minimum Gasteiger partial charge on any atom is -0.443 e. The number of carbonyl (C=O) groups excluding carboxylic acids is 1. The van der Waals surface area contributed by atoms with E-state index in [1.54, 1.807) is 12.0 Å². The molecule has 0 unspecified atom stereocenters. The van der Waals surface area contributed by atoms with E-state index in [-0.39, 0.29) is 48.1 Å². The number of ether oxygens (including phenoxy) is 4. The van der Waals surface area contributed by atoms with Crippen LogP contribution in [0.2, 0.25) is 0 Å². The first-order valence-corrected chi connectivity index (χ1v) is 11.6. The molecule has 31 heavy (non-hydrogen) atoms. The van der Waals surface area contributed by atoms with E-state index in [9.17, 15) is 4.79 Å². The van der Waals surface area contributed by atoms with Crippen molar-refractivity contribution in [2.45, 2.75) is 69.5 Å². The van der Waals surface area contributed by atoms with Gasteiger partial charge in [0.1, 0.15) is 23.4 Å². The van der Waals surface area contributed by atoms with Gasteiger partial charge in [0.05, 0.1) is 25.2 Å². The van der Waals surface area contributed by atoms with Gasteiger partial charge in [-0.3, -0.25) is 4.90 Å². The zero-order chi connectivity index (χ0) is 22.2. The Hall–Kier alpha value is -1.19. The van der Waals surface area contributed by atoms with Gasteiger partial charge in [0.2, 0.25) is 0 Å². The number of amides is 1. The SMILES string of the molecule is CO[C@@H]1[C@H](OC(=O)N2CCN(CCO)CC2)CC[C@]2(CO2)[C@H]1[C@]1(C)O[C@H]1CC=C(C)C. The van der Waals surface area contributed by atoms with Crippen LogP contribution in [0.15, 0.2) is 11.6 Å². The third-order valence-electron chi connectivity index (χ3n) is 7.54. The summed E-state index contributed by atoms with van der Waals surface area (Å²) in [7, 11) is 1.70. The van der Waals surface area contributed by atoms with Crippen LogP contribution in [0.1, 0.15) is 40.0 Å². The van der Waals surface area contributed by atoms with Gasteiger partial charge in [-0.05, 0) is 40.0 Å². The van der Waals surface area contributed by atoms with E-state index >= 15 is 0 Å². The molecule has 0 aromatic rings. The molecule has 1 N–H and O–H groups in total. The Balaban J connectivity index is 1.40. The Labute approximate surface area is 185 Å². The lowest BCUT2D eigenvalue weighted by Gasteiger charge is -2.43. The molecule has 1 amide bonds. The van der Waals surface area contributed by atoms with Gasteiger partial charge in [-0.25, -0.2) is 4.79 Å². The highest BCUT2D eigenvalue weighted by Crippen LogP contribution is 2.59. The number of hydrogen-bond acceptors (Lipinski definition) is 7. The quantitative estimate of drug-likeness (QED) is 0.479. The van der Waals surface area contributed by atoms with Crippen molar-refractivity contribution in [3.63, 3.8) is 0 Å². The maximum atomic E-state index is 12.9. The Morgan fingerprint density at radius 3 is 2.55 bits per heavy atom. The van der Waals surface area contributed by atoms with Crippen LogP contribution in [0.4, 0.5) is 4.79 Å². The highest BCUT2D eigenvalue weighted by atomic mass is 16.6. The topological polar surface area (TPSA) is 87.3 Å². The summed E-state index contributed by atoms with van der Waals surface area (Å²) in [5, 5.41) is 9.10. The van der Waals surface area contributed by atoms with Crippen LogP contribution in [0.5, 0.6) is 0 Å². The van der Waals surface area contributed by atoms with E-state index in [2.05, 4.69) is 31.7 Å².